The van der Waals surface area contributed by atoms with E-state index in [9.17, 15) is 0 Å². The van der Waals surface area contributed by atoms with E-state index in [0.717, 1.165) is 78.7 Å². The number of aryl methyl sites for hydroxylation is 18. The first-order valence-corrected chi connectivity index (χ1v) is 32.9. The van der Waals surface area contributed by atoms with Crippen LogP contribution in [0.1, 0.15) is 172 Å². The van der Waals surface area contributed by atoms with Crippen LogP contribution in [0.2, 0.25) is 0 Å². The smallest absolute Gasteiger partial charge is 0.181 e. The normalized spacial score (nSPS) is 8.33. The highest BCUT2D eigenvalue weighted by atomic mass is 32.1. The molecule has 0 bridgehead atoms. The van der Waals surface area contributed by atoms with Crippen LogP contribution in [0, 0.1) is 111 Å². The third-order valence-electron chi connectivity index (χ3n) is 8.69. The van der Waals surface area contributed by atoms with Crippen LogP contribution in [0.5, 0.6) is 0 Å². The average molecular weight is 1340 g/mol. The number of pyridine rings is 1. The molecule has 0 aromatic carbocycles. The molecule has 12 aromatic rings. The van der Waals surface area contributed by atoms with Crippen LogP contribution in [-0.2, 0) is 14.1 Å². The van der Waals surface area contributed by atoms with E-state index >= 15 is 0 Å². The molecule has 12 rings (SSSR count). The molecule has 12 aromatic heterocycles. The van der Waals surface area contributed by atoms with E-state index in [1.807, 2.05) is 216 Å². The van der Waals surface area contributed by atoms with Crippen molar-refractivity contribution in [3.8, 4) is 0 Å². The van der Waals surface area contributed by atoms with Gasteiger partial charge in [0, 0.05) is 41.9 Å². The number of rotatable bonds is 0. The molecule has 0 atom stereocenters. The van der Waals surface area contributed by atoms with Gasteiger partial charge in [-0.2, -0.15) is 70.0 Å². The molecule has 0 spiro atoms. The van der Waals surface area contributed by atoms with Gasteiger partial charge in [-0.25, -0.2) is 29.9 Å². The lowest BCUT2D eigenvalue weighted by Gasteiger charge is -1.82. The van der Waals surface area contributed by atoms with Gasteiger partial charge in [-0.3, -0.25) is 9.67 Å². The second-order valence-electron chi connectivity index (χ2n) is 15.6. The molecular formula is C61H108N24O2S4. The van der Waals surface area contributed by atoms with Crippen LogP contribution < -0.4 is 0 Å². The van der Waals surface area contributed by atoms with Gasteiger partial charge in [-0.15, -0.1) is 27.8 Å². The highest BCUT2D eigenvalue weighted by Gasteiger charge is 1.93. The minimum atomic E-state index is 0.877. The number of oxazole rings is 2. The summed E-state index contributed by atoms with van der Waals surface area (Å²) in [5.41, 5.74) is 11.8. The Kier molecular flexibility index (Phi) is 69.6. The maximum atomic E-state index is 4.85. The summed E-state index contributed by atoms with van der Waals surface area (Å²) in [5.74, 6) is 3.56. The predicted octanol–water partition coefficient (Wildman–Crippen LogP) is 15.9. The van der Waals surface area contributed by atoms with Crippen molar-refractivity contribution in [3.05, 3.63) is 180 Å². The van der Waals surface area contributed by atoms with E-state index < -0.39 is 0 Å². The molecule has 0 aliphatic carbocycles. The minimum absolute atomic E-state index is 0.877. The molecule has 508 valence electrons. The number of aromatic nitrogens is 24. The Morgan fingerprint density at radius 1 is 0.418 bits per heavy atom. The fraction of sp³-hybridized carbons (Fsp3) is 0.492. The third kappa shape index (κ3) is 60.3. The van der Waals surface area contributed by atoms with Crippen molar-refractivity contribution in [2.45, 2.75) is 194 Å². The zero-order chi connectivity index (χ0) is 70.8. The lowest BCUT2D eigenvalue weighted by Crippen LogP contribution is -1.89. The summed E-state index contributed by atoms with van der Waals surface area (Å²) in [4.78, 5) is 31.9. The summed E-state index contributed by atoms with van der Waals surface area (Å²) in [6, 6.07) is 5.86. The summed E-state index contributed by atoms with van der Waals surface area (Å²) in [7, 11) is 3.60. The summed E-state index contributed by atoms with van der Waals surface area (Å²) in [5, 5.41) is 45.7. The topological polar surface area (TPSA) is 328 Å². The molecule has 0 unspecified atom stereocenters. The van der Waals surface area contributed by atoms with Gasteiger partial charge in [0.25, 0.3) is 0 Å². The van der Waals surface area contributed by atoms with Crippen molar-refractivity contribution in [2.75, 3.05) is 0 Å². The minimum Gasteiger partial charge on any atom is -0.449 e. The second-order valence-corrected chi connectivity index (χ2v) is 19.6. The van der Waals surface area contributed by atoms with E-state index in [4.69, 9.17) is 8.83 Å². The van der Waals surface area contributed by atoms with Gasteiger partial charge in [0.15, 0.2) is 12.8 Å². The highest BCUT2D eigenvalue weighted by Crippen LogP contribution is 2.09. The molecule has 0 aliphatic rings. The lowest BCUT2D eigenvalue weighted by atomic mass is 10.4. The number of H-pyrrole nitrogens is 3. The van der Waals surface area contributed by atoms with Crippen molar-refractivity contribution >= 4 is 45.7 Å². The Hall–Kier alpha value is -8.35. The first-order valence-electron chi connectivity index (χ1n) is 29.6. The zero-order valence-electron chi connectivity index (χ0n) is 60.0. The van der Waals surface area contributed by atoms with Gasteiger partial charge >= 0.3 is 0 Å². The van der Waals surface area contributed by atoms with Crippen molar-refractivity contribution in [2.24, 2.45) is 14.1 Å². The van der Waals surface area contributed by atoms with E-state index in [1.165, 1.54) is 50.4 Å². The van der Waals surface area contributed by atoms with Crippen molar-refractivity contribution < 1.29 is 8.83 Å². The van der Waals surface area contributed by atoms with Crippen LogP contribution in [0.15, 0.2) is 100 Å². The SMILES string of the molecule is CC.CC.CC.CC.CC.CC.Cc1ccccn1.Cc1cn[nH]n1.Cc1cn[nH]n1.Cc1cn[nH]n1.Cc1ncoc1C.Cc1ncoc1C.Cc1ncsc1C.Cc1ncsc1C.Cc1nsc(C)n1.Cc1nsc(C)n1.Cn1ccnn1.Cn1nccn1. The summed E-state index contributed by atoms with van der Waals surface area (Å²) in [6.07, 6.45) is 16.4. The monoisotopic (exact) mass is 1340 g/mol. The van der Waals surface area contributed by atoms with E-state index in [0.29, 0.717) is 0 Å². The Morgan fingerprint density at radius 2 is 0.791 bits per heavy atom. The van der Waals surface area contributed by atoms with Crippen LogP contribution in [0.4, 0.5) is 0 Å². The standard InChI is InChI=1S/C6H7N.2C5H7NO.2C5H7NS.2C4H6N2S.5C3H5N3.6C2H6/c1-6-4-2-3-5-7-6;4*1-4-5(2)7-3-6-4;2*1-3-5-4(2)7-6-3;1-6-3-2-4-5-6;1-6-4-2-3-5-6;3*1-3-2-4-6-5-3;6*1-2/h2-5H,1H3;4*3H,1-2H3;2*1-2H3;2*2-3H,1H3;3*2H,1H3,(H,4,5,6);6*1-2H3. The largest absolute Gasteiger partial charge is 0.449 e. The van der Waals surface area contributed by atoms with Gasteiger partial charge < -0.3 is 8.83 Å². The molecule has 0 amide bonds. The first-order chi connectivity index (χ1) is 43.7. The average Bonchev–Trinajstić information content (AvgIpc) is 4.53. The molecule has 0 radical (unpaired) electrons. The first kappa shape index (κ1) is 93.8. The van der Waals surface area contributed by atoms with Gasteiger partial charge in [0.2, 0.25) is 0 Å². The van der Waals surface area contributed by atoms with Gasteiger partial charge in [0.1, 0.15) is 33.2 Å². The molecule has 26 nitrogen and oxygen atoms in total. The molecule has 3 N–H and O–H groups in total. The highest BCUT2D eigenvalue weighted by molar-refractivity contribution is 7.10. The van der Waals surface area contributed by atoms with Crippen molar-refractivity contribution in [1.82, 2.24) is 120 Å². The molecule has 0 aliphatic heterocycles. The number of hydrogen-bond acceptors (Lipinski definition) is 25. The number of nitrogens with zero attached hydrogens (tertiary/aromatic N) is 21. The Labute approximate surface area is 559 Å². The Balaban J connectivity index is -0.000000213. The fourth-order valence-electron chi connectivity index (χ4n) is 4.02. The number of nitrogens with one attached hydrogen (secondary N) is 3. The molecule has 91 heavy (non-hydrogen) atoms. The number of hydrogen-bond donors (Lipinski definition) is 3. The van der Waals surface area contributed by atoms with Gasteiger partial charge in [-0.05, 0) is 146 Å². The number of thiazole rings is 2. The second kappa shape index (κ2) is 67.6. The van der Waals surface area contributed by atoms with Crippen LogP contribution in [0.3, 0.4) is 0 Å². The van der Waals surface area contributed by atoms with Crippen molar-refractivity contribution in [3.63, 3.8) is 0 Å². The van der Waals surface area contributed by atoms with Crippen LogP contribution in [0.25, 0.3) is 0 Å². The summed E-state index contributed by atoms with van der Waals surface area (Å²) < 4.78 is 19.2. The van der Waals surface area contributed by atoms with Gasteiger partial charge in [0.05, 0.1) is 88.1 Å². The predicted molar refractivity (Wildman–Crippen MR) is 376 cm³/mol. The molecular weight excluding hydrogens is 1230 g/mol. The Bertz CT molecular complexity index is 2710. The number of aromatic amines is 3. The Morgan fingerprint density at radius 3 is 0.879 bits per heavy atom. The maximum Gasteiger partial charge on any atom is 0.181 e. The molecule has 12 heterocycles. The molecule has 0 fully saturated rings. The summed E-state index contributed by atoms with van der Waals surface area (Å²) >= 11 is 6.27. The van der Waals surface area contributed by atoms with Crippen LogP contribution in [-0.4, -0.2) is 120 Å². The third-order valence-corrected chi connectivity index (χ3v) is 11.8. The molecule has 30 heteroatoms. The fourth-order valence-corrected chi connectivity index (χ4v) is 6.16. The quantitative estimate of drug-likeness (QED) is 0.127. The van der Waals surface area contributed by atoms with E-state index in [-0.39, 0.29) is 0 Å². The van der Waals surface area contributed by atoms with E-state index in [1.54, 1.807) is 84.0 Å². The summed E-state index contributed by atoms with van der Waals surface area (Å²) in [6.45, 7) is 55.1. The van der Waals surface area contributed by atoms with E-state index in [2.05, 4.69) is 124 Å². The maximum absolute atomic E-state index is 4.85. The van der Waals surface area contributed by atoms with Crippen LogP contribution >= 0.6 is 45.7 Å². The molecule has 0 saturated carbocycles. The van der Waals surface area contributed by atoms with Crippen molar-refractivity contribution in [1.29, 1.82) is 0 Å². The zero-order valence-corrected chi connectivity index (χ0v) is 63.3. The lowest BCUT2D eigenvalue weighted by molar-refractivity contribution is 0.525. The molecule has 0 saturated heterocycles. The van der Waals surface area contributed by atoms with Gasteiger partial charge in [-0.1, -0.05) is 94.4 Å².